The second-order valence-electron chi connectivity index (χ2n) is 5.95. The van der Waals surface area contributed by atoms with Crippen molar-refractivity contribution in [1.82, 2.24) is 14.7 Å². The zero-order valence-electron chi connectivity index (χ0n) is 12.1. The van der Waals surface area contributed by atoms with Crippen LogP contribution in [0, 0.1) is 0 Å². The van der Waals surface area contributed by atoms with Crippen LogP contribution in [0.15, 0.2) is 0 Å². The molecule has 1 aromatic rings. The maximum absolute atomic E-state index is 5.84. The predicted molar refractivity (Wildman–Crippen MR) is 85.3 cm³/mol. The highest BCUT2D eigenvalue weighted by molar-refractivity contribution is 7.80. The van der Waals surface area contributed by atoms with Gasteiger partial charge in [0.1, 0.15) is 5.82 Å². The van der Waals surface area contributed by atoms with E-state index >= 15 is 0 Å². The molecule has 0 bridgehead atoms. The lowest BCUT2D eigenvalue weighted by molar-refractivity contribution is 0.247. The number of rotatable bonds is 1. The lowest BCUT2D eigenvalue weighted by Gasteiger charge is -2.29. The summed E-state index contributed by atoms with van der Waals surface area (Å²) >= 11 is 5.16. The molecule has 0 saturated carbocycles. The van der Waals surface area contributed by atoms with Crippen molar-refractivity contribution in [2.75, 3.05) is 32.0 Å². The Morgan fingerprint density at radius 2 is 2.25 bits per heavy atom. The van der Waals surface area contributed by atoms with Crippen LogP contribution in [0.4, 0.5) is 5.82 Å². The van der Waals surface area contributed by atoms with Crippen molar-refractivity contribution in [1.29, 1.82) is 0 Å². The van der Waals surface area contributed by atoms with Gasteiger partial charge in [0.15, 0.2) is 5.11 Å². The Bertz CT molecular complexity index is 510. The lowest BCUT2D eigenvalue weighted by atomic mass is 9.91. The molecule has 2 aliphatic heterocycles. The van der Waals surface area contributed by atoms with Crippen molar-refractivity contribution in [3.63, 3.8) is 0 Å². The molecule has 0 spiro atoms. The van der Waals surface area contributed by atoms with Gasteiger partial charge in [0.05, 0.1) is 5.69 Å². The highest BCUT2D eigenvalue weighted by Gasteiger charge is 2.28. The van der Waals surface area contributed by atoms with Crippen LogP contribution < -0.4 is 11.1 Å². The fourth-order valence-electron chi connectivity index (χ4n) is 3.41. The Balaban J connectivity index is 1.99. The molecule has 20 heavy (non-hydrogen) atoms. The number of aromatic nitrogens is 2. The number of hydrogen-bond acceptors (Lipinski definition) is 4. The first-order chi connectivity index (χ1) is 9.66. The van der Waals surface area contributed by atoms with E-state index in [4.69, 9.17) is 23.1 Å². The Morgan fingerprint density at radius 1 is 1.40 bits per heavy atom. The maximum Gasteiger partial charge on any atom is 0.193 e. The van der Waals surface area contributed by atoms with Gasteiger partial charge in [-0.05, 0) is 57.9 Å². The number of nitrogens with one attached hydrogen (secondary N) is 1. The molecule has 1 aromatic heterocycles. The summed E-state index contributed by atoms with van der Waals surface area (Å²) in [4.78, 5) is 2.39. The normalized spacial score (nSPS) is 23.8. The molecule has 0 amide bonds. The summed E-state index contributed by atoms with van der Waals surface area (Å²) in [5, 5.41) is 8.56. The van der Waals surface area contributed by atoms with Crippen molar-refractivity contribution in [3.05, 3.63) is 11.3 Å². The minimum absolute atomic E-state index is 0.339. The molecule has 1 atom stereocenters. The summed E-state index contributed by atoms with van der Waals surface area (Å²) in [6.07, 6.45) is 5.93. The smallest absolute Gasteiger partial charge is 0.193 e. The van der Waals surface area contributed by atoms with Gasteiger partial charge in [-0.3, -0.25) is 0 Å². The third-order valence-electron chi connectivity index (χ3n) is 4.38. The average molecular weight is 293 g/mol. The fourth-order valence-corrected chi connectivity index (χ4v) is 3.54. The number of anilines is 1. The lowest BCUT2D eigenvalue weighted by Crippen LogP contribution is -2.31. The molecule has 0 aliphatic carbocycles. The van der Waals surface area contributed by atoms with Crippen LogP contribution in [0.2, 0.25) is 0 Å². The average Bonchev–Trinajstić information content (AvgIpc) is 2.61. The summed E-state index contributed by atoms with van der Waals surface area (Å²) < 4.78 is 1.74. The number of thiocarbonyl (C=S) groups is 1. The van der Waals surface area contributed by atoms with Gasteiger partial charge in [-0.2, -0.15) is 9.78 Å². The van der Waals surface area contributed by atoms with E-state index in [0.29, 0.717) is 11.0 Å². The van der Waals surface area contributed by atoms with Crippen molar-refractivity contribution in [3.8, 4) is 0 Å². The van der Waals surface area contributed by atoms with Crippen LogP contribution in [0.5, 0.6) is 0 Å². The van der Waals surface area contributed by atoms with E-state index in [1.54, 1.807) is 4.68 Å². The van der Waals surface area contributed by atoms with E-state index < -0.39 is 0 Å². The molecular formula is C14H23N5S. The monoisotopic (exact) mass is 293 g/mol. The summed E-state index contributed by atoms with van der Waals surface area (Å²) in [5.41, 5.74) is 8.40. The Kier molecular flexibility index (Phi) is 3.94. The molecule has 1 fully saturated rings. The minimum Gasteiger partial charge on any atom is -0.374 e. The second kappa shape index (κ2) is 5.69. The molecule has 1 unspecified atom stereocenters. The van der Waals surface area contributed by atoms with Crippen molar-refractivity contribution >= 4 is 23.1 Å². The third-order valence-corrected chi connectivity index (χ3v) is 4.55. The largest absolute Gasteiger partial charge is 0.374 e. The van der Waals surface area contributed by atoms with Gasteiger partial charge in [0.25, 0.3) is 0 Å². The SMILES string of the molecule is CN1CCCC(c2nn(C(N)=S)c3c2CCCCN3)C1. The molecule has 5 nitrogen and oxygen atoms in total. The van der Waals surface area contributed by atoms with Crippen molar-refractivity contribution < 1.29 is 0 Å². The molecule has 1 saturated heterocycles. The van der Waals surface area contributed by atoms with Gasteiger partial charge in [0, 0.05) is 24.6 Å². The summed E-state index contributed by atoms with van der Waals surface area (Å²) in [6.45, 7) is 3.25. The highest BCUT2D eigenvalue weighted by Crippen LogP contribution is 2.33. The molecule has 3 N–H and O–H groups in total. The summed E-state index contributed by atoms with van der Waals surface area (Å²) in [5.74, 6) is 1.55. The maximum atomic E-state index is 5.84. The molecular weight excluding hydrogens is 270 g/mol. The van der Waals surface area contributed by atoms with Crippen molar-refractivity contribution in [2.24, 2.45) is 5.73 Å². The zero-order chi connectivity index (χ0) is 14.1. The van der Waals surface area contributed by atoms with Gasteiger partial charge < -0.3 is 16.0 Å². The number of likely N-dealkylation sites (tertiary alicyclic amines) is 1. The van der Waals surface area contributed by atoms with E-state index in [1.807, 2.05) is 0 Å². The van der Waals surface area contributed by atoms with Gasteiger partial charge in [0.2, 0.25) is 0 Å². The van der Waals surface area contributed by atoms with Crippen LogP contribution in [-0.4, -0.2) is 46.5 Å². The first kappa shape index (κ1) is 13.8. The quantitative estimate of drug-likeness (QED) is 0.769. The van der Waals surface area contributed by atoms with Gasteiger partial charge >= 0.3 is 0 Å². The first-order valence-electron chi connectivity index (χ1n) is 7.51. The van der Waals surface area contributed by atoms with E-state index in [0.717, 1.165) is 25.3 Å². The molecule has 3 heterocycles. The molecule has 0 aromatic carbocycles. The number of hydrogen-bond donors (Lipinski definition) is 2. The number of likely N-dealkylation sites (N-methyl/N-ethyl adjacent to an activating group) is 1. The second-order valence-corrected chi connectivity index (χ2v) is 6.37. The Hall–Kier alpha value is -1.14. The van der Waals surface area contributed by atoms with Crippen LogP contribution in [-0.2, 0) is 6.42 Å². The third kappa shape index (κ3) is 2.54. The van der Waals surface area contributed by atoms with Gasteiger partial charge in [-0.25, -0.2) is 0 Å². The van der Waals surface area contributed by atoms with Crippen LogP contribution in [0.25, 0.3) is 0 Å². The van der Waals surface area contributed by atoms with E-state index in [1.165, 1.54) is 43.5 Å². The van der Waals surface area contributed by atoms with Crippen molar-refractivity contribution in [2.45, 2.75) is 38.0 Å². The van der Waals surface area contributed by atoms with Gasteiger partial charge in [-0.15, -0.1) is 0 Å². The summed E-state index contributed by atoms with van der Waals surface area (Å²) in [7, 11) is 2.19. The van der Waals surface area contributed by atoms with E-state index in [-0.39, 0.29) is 0 Å². The molecule has 2 aliphatic rings. The molecule has 6 heteroatoms. The fraction of sp³-hybridized carbons (Fsp3) is 0.714. The van der Waals surface area contributed by atoms with Crippen LogP contribution in [0.3, 0.4) is 0 Å². The number of piperidine rings is 1. The predicted octanol–water partition coefficient (Wildman–Crippen LogP) is 1.53. The topological polar surface area (TPSA) is 59.1 Å². The standard InChI is InChI=1S/C14H23N5S/c1-18-8-4-5-10(9-18)12-11-6-2-3-7-16-13(11)19(17-12)14(15)20/h10,16H,2-9H2,1H3,(H2,15,20). The van der Waals surface area contributed by atoms with Crippen LogP contribution in [0.1, 0.15) is 42.9 Å². The summed E-state index contributed by atoms with van der Waals surface area (Å²) in [6, 6.07) is 0. The Labute approximate surface area is 125 Å². The molecule has 3 rings (SSSR count). The van der Waals surface area contributed by atoms with Gasteiger partial charge in [-0.1, -0.05) is 0 Å². The molecule has 110 valence electrons. The first-order valence-corrected chi connectivity index (χ1v) is 7.91. The number of nitrogens with two attached hydrogens (primary N) is 1. The minimum atomic E-state index is 0.339. The zero-order valence-corrected chi connectivity index (χ0v) is 12.9. The van der Waals surface area contributed by atoms with E-state index in [2.05, 4.69) is 17.3 Å². The molecule has 0 radical (unpaired) electrons. The highest BCUT2D eigenvalue weighted by atomic mass is 32.1. The number of nitrogens with zero attached hydrogens (tertiary/aromatic N) is 3. The van der Waals surface area contributed by atoms with Crippen LogP contribution >= 0.6 is 12.2 Å². The van der Waals surface area contributed by atoms with E-state index in [9.17, 15) is 0 Å². The Morgan fingerprint density at radius 3 is 3.00 bits per heavy atom. The number of fused-ring (bicyclic) bond motifs is 1.